The normalized spacial score (nSPS) is 21.3. The Morgan fingerprint density at radius 1 is 1.50 bits per heavy atom. The van der Waals surface area contributed by atoms with Gasteiger partial charge in [0.25, 0.3) is 0 Å². The van der Waals surface area contributed by atoms with Gasteiger partial charge in [-0.05, 0) is 37.1 Å². The SMILES string of the molecule is COC1=NC(CCc2cccs2)CCCC1. The zero-order valence-corrected chi connectivity index (χ0v) is 10.6. The lowest BCUT2D eigenvalue weighted by Crippen LogP contribution is -2.08. The van der Waals surface area contributed by atoms with Crippen molar-refractivity contribution in [1.29, 1.82) is 0 Å². The van der Waals surface area contributed by atoms with Crippen LogP contribution in [0.1, 0.15) is 37.0 Å². The van der Waals surface area contributed by atoms with Crippen molar-refractivity contribution in [3.05, 3.63) is 22.4 Å². The van der Waals surface area contributed by atoms with Crippen LogP contribution in [0.25, 0.3) is 0 Å². The average molecular weight is 237 g/mol. The Morgan fingerprint density at radius 2 is 2.44 bits per heavy atom. The summed E-state index contributed by atoms with van der Waals surface area (Å²) in [7, 11) is 1.74. The van der Waals surface area contributed by atoms with Crippen molar-refractivity contribution >= 4 is 17.2 Å². The number of aryl methyl sites for hydroxylation is 1. The highest BCUT2D eigenvalue weighted by Gasteiger charge is 2.13. The van der Waals surface area contributed by atoms with Crippen LogP contribution in [-0.2, 0) is 11.2 Å². The number of nitrogens with zero attached hydrogens (tertiary/aromatic N) is 1. The Bertz CT molecular complexity index is 332. The molecule has 3 heteroatoms. The predicted octanol–water partition coefficient (Wildman–Crippen LogP) is 3.67. The van der Waals surface area contributed by atoms with Crippen molar-refractivity contribution < 1.29 is 4.74 Å². The average Bonchev–Trinajstić information content (AvgIpc) is 2.71. The van der Waals surface area contributed by atoms with Crippen LogP contribution >= 0.6 is 11.3 Å². The standard InChI is InChI=1S/C13H19NOS/c1-15-13-7-3-2-5-11(14-13)8-9-12-6-4-10-16-12/h4,6,10-11H,2-3,5,7-9H2,1H3. The van der Waals surface area contributed by atoms with Crippen LogP contribution in [0.15, 0.2) is 22.5 Å². The second-order valence-electron chi connectivity index (χ2n) is 4.24. The van der Waals surface area contributed by atoms with Gasteiger partial charge in [-0.1, -0.05) is 12.5 Å². The molecule has 0 amide bonds. The number of hydrogen-bond acceptors (Lipinski definition) is 3. The molecule has 1 atom stereocenters. The van der Waals surface area contributed by atoms with E-state index in [0.29, 0.717) is 6.04 Å². The Kier molecular flexibility index (Phi) is 4.40. The smallest absolute Gasteiger partial charge is 0.183 e. The van der Waals surface area contributed by atoms with Crippen molar-refractivity contribution in [3.8, 4) is 0 Å². The van der Waals surface area contributed by atoms with E-state index in [-0.39, 0.29) is 0 Å². The van der Waals surface area contributed by atoms with Crippen molar-refractivity contribution in [2.75, 3.05) is 7.11 Å². The second kappa shape index (κ2) is 6.04. The van der Waals surface area contributed by atoms with E-state index in [4.69, 9.17) is 9.73 Å². The first-order chi connectivity index (χ1) is 7.88. The summed E-state index contributed by atoms with van der Waals surface area (Å²) in [6.07, 6.45) is 7.06. The molecule has 0 saturated heterocycles. The molecule has 1 aromatic heterocycles. The van der Waals surface area contributed by atoms with E-state index in [1.807, 2.05) is 11.3 Å². The Labute approximate surface area is 101 Å². The fourth-order valence-electron chi connectivity index (χ4n) is 2.12. The van der Waals surface area contributed by atoms with Gasteiger partial charge < -0.3 is 4.74 Å². The molecular weight excluding hydrogens is 218 g/mol. The van der Waals surface area contributed by atoms with Gasteiger partial charge in [0.15, 0.2) is 5.90 Å². The fourth-order valence-corrected chi connectivity index (χ4v) is 2.84. The van der Waals surface area contributed by atoms with Gasteiger partial charge in [-0.15, -0.1) is 11.3 Å². The lowest BCUT2D eigenvalue weighted by atomic mass is 10.1. The Hall–Kier alpha value is -0.830. The van der Waals surface area contributed by atoms with Crippen LogP contribution in [0.3, 0.4) is 0 Å². The summed E-state index contributed by atoms with van der Waals surface area (Å²) in [5.41, 5.74) is 0. The van der Waals surface area contributed by atoms with Crippen LogP contribution in [0.2, 0.25) is 0 Å². The van der Waals surface area contributed by atoms with Gasteiger partial charge in [0.2, 0.25) is 0 Å². The van der Waals surface area contributed by atoms with Crippen molar-refractivity contribution in [2.24, 2.45) is 4.99 Å². The van der Waals surface area contributed by atoms with Gasteiger partial charge in [-0.3, -0.25) is 4.99 Å². The number of methoxy groups -OCH3 is 1. The molecule has 0 fully saturated rings. The van der Waals surface area contributed by atoms with E-state index in [1.165, 1.54) is 24.1 Å². The maximum absolute atomic E-state index is 5.29. The molecule has 0 radical (unpaired) electrons. The summed E-state index contributed by atoms with van der Waals surface area (Å²) in [4.78, 5) is 6.16. The predicted molar refractivity (Wildman–Crippen MR) is 69.3 cm³/mol. The van der Waals surface area contributed by atoms with Crippen LogP contribution in [0, 0.1) is 0 Å². The minimum Gasteiger partial charge on any atom is -0.484 e. The van der Waals surface area contributed by atoms with Crippen LogP contribution in [0.5, 0.6) is 0 Å². The second-order valence-corrected chi connectivity index (χ2v) is 5.28. The molecule has 0 saturated carbocycles. The molecule has 1 aliphatic rings. The lowest BCUT2D eigenvalue weighted by molar-refractivity contribution is 0.385. The number of hydrogen-bond donors (Lipinski definition) is 0. The third-order valence-corrected chi connectivity index (χ3v) is 3.98. The first-order valence-electron chi connectivity index (χ1n) is 6.01. The quantitative estimate of drug-likeness (QED) is 0.786. The molecule has 2 heterocycles. The van der Waals surface area contributed by atoms with E-state index in [1.54, 1.807) is 7.11 Å². The van der Waals surface area contributed by atoms with Crippen molar-refractivity contribution in [2.45, 2.75) is 44.6 Å². The van der Waals surface area contributed by atoms with Gasteiger partial charge >= 0.3 is 0 Å². The monoisotopic (exact) mass is 237 g/mol. The number of aliphatic imine (C=N–C) groups is 1. The minimum absolute atomic E-state index is 0.472. The summed E-state index contributed by atoms with van der Waals surface area (Å²) in [5, 5.41) is 2.15. The topological polar surface area (TPSA) is 21.6 Å². The summed E-state index contributed by atoms with van der Waals surface area (Å²) in [6.45, 7) is 0. The molecule has 0 N–H and O–H groups in total. The molecule has 0 spiro atoms. The molecule has 2 rings (SSSR count). The largest absolute Gasteiger partial charge is 0.484 e. The summed E-state index contributed by atoms with van der Waals surface area (Å²) < 4.78 is 5.29. The zero-order chi connectivity index (χ0) is 11.2. The molecule has 0 aromatic carbocycles. The van der Waals surface area contributed by atoms with E-state index in [0.717, 1.165) is 25.2 Å². The van der Waals surface area contributed by atoms with Crippen molar-refractivity contribution in [1.82, 2.24) is 0 Å². The van der Waals surface area contributed by atoms with Crippen LogP contribution in [0.4, 0.5) is 0 Å². The highest BCUT2D eigenvalue weighted by Crippen LogP contribution is 2.20. The fraction of sp³-hybridized carbons (Fsp3) is 0.615. The zero-order valence-electron chi connectivity index (χ0n) is 9.82. The maximum Gasteiger partial charge on any atom is 0.183 e. The van der Waals surface area contributed by atoms with E-state index in [2.05, 4.69) is 17.5 Å². The van der Waals surface area contributed by atoms with Gasteiger partial charge in [-0.25, -0.2) is 0 Å². The van der Waals surface area contributed by atoms with Gasteiger partial charge in [-0.2, -0.15) is 0 Å². The highest BCUT2D eigenvalue weighted by atomic mass is 32.1. The Balaban J connectivity index is 1.87. The van der Waals surface area contributed by atoms with Crippen molar-refractivity contribution in [3.63, 3.8) is 0 Å². The first-order valence-corrected chi connectivity index (χ1v) is 6.89. The molecule has 2 nitrogen and oxygen atoms in total. The molecule has 1 aromatic rings. The van der Waals surface area contributed by atoms with Gasteiger partial charge in [0.1, 0.15) is 0 Å². The Morgan fingerprint density at radius 3 is 3.19 bits per heavy atom. The minimum atomic E-state index is 0.472. The maximum atomic E-state index is 5.29. The molecule has 16 heavy (non-hydrogen) atoms. The summed E-state index contributed by atoms with van der Waals surface area (Å²) >= 11 is 1.84. The lowest BCUT2D eigenvalue weighted by Gasteiger charge is -2.10. The van der Waals surface area contributed by atoms with Crippen LogP contribution < -0.4 is 0 Å². The van der Waals surface area contributed by atoms with Gasteiger partial charge in [0.05, 0.1) is 13.2 Å². The summed E-state index contributed by atoms with van der Waals surface area (Å²) in [6, 6.07) is 4.80. The van der Waals surface area contributed by atoms with Crippen LogP contribution in [-0.4, -0.2) is 19.0 Å². The number of thiophene rings is 1. The molecular formula is C13H19NOS. The highest BCUT2D eigenvalue weighted by molar-refractivity contribution is 7.09. The molecule has 1 aliphatic heterocycles. The molecule has 88 valence electrons. The number of ether oxygens (including phenoxy) is 1. The molecule has 0 bridgehead atoms. The van der Waals surface area contributed by atoms with E-state index < -0.39 is 0 Å². The third kappa shape index (κ3) is 3.34. The third-order valence-electron chi connectivity index (χ3n) is 3.04. The number of rotatable bonds is 3. The summed E-state index contributed by atoms with van der Waals surface area (Å²) in [5.74, 6) is 0.952. The molecule has 1 unspecified atom stereocenters. The first kappa shape index (κ1) is 11.6. The van der Waals surface area contributed by atoms with Gasteiger partial charge in [0, 0.05) is 11.3 Å². The molecule has 0 aliphatic carbocycles. The van der Waals surface area contributed by atoms with E-state index in [9.17, 15) is 0 Å². The van der Waals surface area contributed by atoms with E-state index >= 15 is 0 Å².